The zero-order valence-corrected chi connectivity index (χ0v) is 12.2. The van der Waals surface area contributed by atoms with Crippen LogP contribution in [0.15, 0.2) is 58.6 Å². The van der Waals surface area contributed by atoms with Gasteiger partial charge in [-0.25, -0.2) is 5.43 Å². The third-order valence-corrected chi connectivity index (χ3v) is 3.22. The van der Waals surface area contributed by atoms with E-state index in [1.54, 1.807) is 6.21 Å². The third kappa shape index (κ3) is 3.51. The van der Waals surface area contributed by atoms with Crippen molar-refractivity contribution in [1.29, 1.82) is 0 Å². The number of hydrogen-bond acceptors (Lipinski definition) is 4. The molecule has 1 aliphatic heterocycles. The number of hydrogen-bond donors (Lipinski definition) is 1. The maximum Gasteiger partial charge on any atom is 0.278 e. The van der Waals surface area contributed by atoms with Crippen LogP contribution in [0.25, 0.3) is 0 Å². The second kappa shape index (κ2) is 6.41. The number of halogens is 1. The number of carbonyl (C=O) groups is 1. The zero-order valence-electron chi connectivity index (χ0n) is 11.5. The second-order valence-electron chi connectivity index (χ2n) is 4.60. The molecule has 0 aliphatic carbocycles. The number of ether oxygens (including phenoxy) is 1. The summed E-state index contributed by atoms with van der Waals surface area (Å²) in [6.45, 7) is -0.0185. The Kier molecular flexibility index (Phi) is 4.16. The fourth-order valence-corrected chi connectivity index (χ4v) is 1.97. The van der Waals surface area contributed by atoms with Crippen molar-refractivity contribution in [2.75, 3.05) is 6.61 Å². The van der Waals surface area contributed by atoms with Gasteiger partial charge in [-0.05, 0) is 42.0 Å². The molecule has 0 spiro atoms. The minimum absolute atomic E-state index is 0.0185. The predicted molar refractivity (Wildman–Crippen MR) is 85.8 cm³/mol. The number of nitrogens with zero attached hydrogens (tertiary/aromatic N) is 2. The molecule has 110 valence electrons. The van der Waals surface area contributed by atoms with Crippen LogP contribution in [0.1, 0.15) is 11.1 Å². The maximum absolute atomic E-state index is 11.0. The molecule has 2 aromatic carbocycles. The van der Waals surface area contributed by atoms with E-state index in [2.05, 4.69) is 15.5 Å². The smallest absolute Gasteiger partial charge is 0.278 e. The number of aliphatic imine (C=N–C) groups is 1. The Labute approximate surface area is 132 Å². The molecule has 3 rings (SSSR count). The van der Waals surface area contributed by atoms with Gasteiger partial charge in [-0.15, -0.1) is 5.10 Å². The van der Waals surface area contributed by atoms with E-state index in [0.717, 1.165) is 16.8 Å². The molecule has 22 heavy (non-hydrogen) atoms. The molecule has 1 amide bonds. The molecular weight excluding hydrogens is 302 g/mol. The van der Waals surface area contributed by atoms with Crippen molar-refractivity contribution < 1.29 is 9.53 Å². The largest absolute Gasteiger partial charge is 0.466 e. The Morgan fingerprint density at radius 3 is 2.50 bits per heavy atom. The average molecular weight is 314 g/mol. The first-order valence-electron chi connectivity index (χ1n) is 6.60. The lowest BCUT2D eigenvalue weighted by Gasteiger charge is -2.13. The van der Waals surface area contributed by atoms with Crippen LogP contribution in [-0.4, -0.2) is 24.6 Å². The van der Waals surface area contributed by atoms with Crippen molar-refractivity contribution in [2.45, 2.75) is 0 Å². The van der Waals surface area contributed by atoms with Gasteiger partial charge in [0.15, 0.2) is 6.61 Å². The highest BCUT2D eigenvalue weighted by Gasteiger charge is 2.13. The molecule has 0 saturated carbocycles. The first-order chi connectivity index (χ1) is 10.7. The summed E-state index contributed by atoms with van der Waals surface area (Å²) in [7, 11) is 0. The molecule has 0 fully saturated rings. The lowest BCUT2D eigenvalue weighted by atomic mass is 10.2. The lowest BCUT2D eigenvalue weighted by molar-refractivity contribution is -0.124. The summed E-state index contributed by atoms with van der Waals surface area (Å²) < 4.78 is 5.24. The molecule has 2 aromatic rings. The van der Waals surface area contributed by atoms with E-state index in [1.165, 1.54) is 0 Å². The van der Waals surface area contributed by atoms with Crippen LogP contribution in [0.4, 0.5) is 5.69 Å². The molecule has 1 aliphatic rings. The van der Waals surface area contributed by atoms with Gasteiger partial charge in [0.2, 0.25) is 5.90 Å². The molecule has 0 atom stereocenters. The van der Waals surface area contributed by atoms with E-state index in [9.17, 15) is 4.79 Å². The van der Waals surface area contributed by atoms with Gasteiger partial charge >= 0.3 is 0 Å². The SMILES string of the molecule is O=C1COC(c2ccc(N=Cc3ccc(Cl)cc3)cc2)=NN1. The van der Waals surface area contributed by atoms with E-state index in [1.807, 2.05) is 48.5 Å². The predicted octanol–water partition coefficient (Wildman–Crippen LogP) is 2.90. The molecule has 6 heteroatoms. The first-order valence-corrected chi connectivity index (χ1v) is 6.98. The van der Waals surface area contributed by atoms with E-state index >= 15 is 0 Å². The van der Waals surface area contributed by atoms with Crippen LogP contribution >= 0.6 is 11.6 Å². The van der Waals surface area contributed by atoms with Gasteiger partial charge in [-0.1, -0.05) is 23.7 Å². The van der Waals surface area contributed by atoms with Gasteiger partial charge in [-0.3, -0.25) is 9.79 Å². The van der Waals surface area contributed by atoms with Crippen molar-refractivity contribution in [2.24, 2.45) is 10.1 Å². The maximum atomic E-state index is 11.0. The Balaban J connectivity index is 1.71. The topological polar surface area (TPSA) is 63.0 Å². The number of hydrazone groups is 1. The molecule has 0 bridgehead atoms. The van der Waals surface area contributed by atoms with Crippen LogP contribution < -0.4 is 5.43 Å². The highest BCUT2D eigenvalue weighted by Crippen LogP contribution is 2.15. The van der Waals surface area contributed by atoms with Crippen molar-refractivity contribution in [3.05, 3.63) is 64.7 Å². The average Bonchev–Trinajstić information content (AvgIpc) is 2.56. The van der Waals surface area contributed by atoms with Gasteiger partial charge in [0.05, 0.1) is 5.69 Å². The molecule has 0 saturated heterocycles. The fraction of sp³-hybridized carbons (Fsp3) is 0.0625. The van der Waals surface area contributed by atoms with Crippen molar-refractivity contribution >= 4 is 35.3 Å². The van der Waals surface area contributed by atoms with E-state index in [-0.39, 0.29) is 12.5 Å². The fourth-order valence-electron chi connectivity index (χ4n) is 1.85. The number of nitrogens with one attached hydrogen (secondary N) is 1. The summed E-state index contributed by atoms with van der Waals surface area (Å²) in [6.07, 6.45) is 1.76. The Morgan fingerprint density at radius 1 is 1.14 bits per heavy atom. The van der Waals surface area contributed by atoms with Crippen molar-refractivity contribution in [3.63, 3.8) is 0 Å². The number of benzene rings is 2. The normalized spacial score (nSPS) is 14.4. The summed E-state index contributed by atoms with van der Waals surface area (Å²) >= 11 is 5.84. The number of amides is 1. The molecular formula is C16H12ClN3O2. The minimum atomic E-state index is -0.257. The zero-order chi connectivity index (χ0) is 15.4. The molecule has 0 radical (unpaired) electrons. The van der Waals surface area contributed by atoms with E-state index in [0.29, 0.717) is 10.9 Å². The van der Waals surface area contributed by atoms with Gasteiger partial charge < -0.3 is 4.74 Å². The Hall–Kier alpha value is -2.66. The lowest BCUT2D eigenvalue weighted by Crippen LogP contribution is -2.32. The molecule has 0 unspecified atom stereocenters. The first kappa shape index (κ1) is 14.3. The number of rotatable bonds is 3. The standard InChI is InChI=1S/C16H12ClN3O2/c17-13-5-1-11(2-6-13)9-18-14-7-3-12(4-8-14)16-20-19-15(21)10-22-16/h1-9H,10H2,(H,19,21). The van der Waals surface area contributed by atoms with Gasteiger partial charge in [-0.2, -0.15) is 0 Å². The summed E-state index contributed by atoms with van der Waals surface area (Å²) in [6, 6.07) is 14.8. The third-order valence-electron chi connectivity index (χ3n) is 2.97. The van der Waals surface area contributed by atoms with Crippen LogP contribution in [0.3, 0.4) is 0 Å². The van der Waals surface area contributed by atoms with E-state index in [4.69, 9.17) is 16.3 Å². The highest BCUT2D eigenvalue weighted by molar-refractivity contribution is 6.30. The second-order valence-corrected chi connectivity index (χ2v) is 5.03. The van der Waals surface area contributed by atoms with Crippen molar-refractivity contribution in [3.8, 4) is 0 Å². The van der Waals surface area contributed by atoms with Crippen LogP contribution in [0, 0.1) is 0 Å². The molecule has 1 N–H and O–H groups in total. The Morgan fingerprint density at radius 2 is 1.86 bits per heavy atom. The summed E-state index contributed by atoms with van der Waals surface area (Å²) in [5.41, 5.74) is 4.94. The summed E-state index contributed by atoms with van der Waals surface area (Å²) in [5, 5.41) is 4.55. The van der Waals surface area contributed by atoms with Crippen LogP contribution in [0.5, 0.6) is 0 Å². The number of carbonyl (C=O) groups excluding carboxylic acids is 1. The van der Waals surface area contributed by atoms with Gasteiger partial charge in [0, 0.05) is 16.8 Å². The summed E-state index contributed by atoms with van der Waals surface area (Å²) in [5.74, 6) is 0.140. The van der Waals surface area contributed by atoms with Gasteiger partial charge in [0.1, 0.15) is 0 Å². The van der Waals surface area contributed by atoms with E-state index < -0.39 is 0 Å². The highest BCUT2D eigenvalue weighted by atomic mass is 35.5. The molecule has 1 heterocycles. The summed E-state index contributed by atoms with van der Waals surface area (Å²) in [4.78, 5) is 15.4. The minimum Gasteiger partial charge on any atom is -0.466 e. The van der Waals surface area contributed by atoms with Gasteiger partial charge in [0.25, 0.3) is 5.91 Å². The van der Waals surface area contributed by atoms with Crippen LogP contribution in [-0.2, 0) is 9.53 Å². The quantitative estimate of drug-likeness (QED) is 0.886. The Bertz CT molecular complexity index is 737. The molecule has 5 nitrogen and oxygen atoms in total. The van der Waals surface area contributed by atoms with Crippen LogP contribution in [0.2, 0.25) is 5.02 Å². The van der Waals surface area contributed by atoms with Crippen molar-refractivity contribution in [1.82, 2.24) is 5.43 Å². The molecule has 0 aromatic heterocycles. The monoisotopic (exact) mass is 313 g/mol.